The summed E-state index contributed by atoms with van der Waals surface area (Å²) in [6.45, 7) is 7.54. The minimum absolute atomic E-state index is 0.432. The molecule has 96 valence electrons. The lowest BCUT2D eigenvalue weighted by molar-refractivity contribution is 0.550. The van der Waals surface area contributed by atoms with Gasteiger partial charge in [-0.2, -0.15) is 0 Å². The van der Waals surface area contributed by atoms with Crippen LogP contribution in [0.2, 0.25) is 0 Å². The molecule has 0 amide bonds. The Morgan fingerprint density at radius 1 is 1.22 bits per heavy atom. The maximum Gasteiger partial charge on any atom is 0.0369 e. The van der Waals surface area contributed by atoms with Crippen molar-refractivity contribution in [1.29, 1.82) is 0 Å². The van der Waals surface area contributed by atoms with Crippen molar-refractivity contribution in [2.24, 2.45) is 0 Å². The summed E-state index contributed by atoms with van der Waals surface area (Å²) in [6.07, 6.45) is 1.07. The van der Waals surface area contributed by atoms with Crippen LogP contribution in [0, 0.1) is 13.8 Å². The molecule has 0 spiro atoms. The van der Waals surface area contributed by atoms with Crippen molar-refractivity contribution in [2.75, 3.05) is 6.54 Å². The summed E-state index contributed by atoms with van der Waals surface area (Å²) in [5, 5.41) is 5.87. The highest BCUT2D eigenvalue weighted by molar-refractivity contribution is 7.10. The number of hydrogen-bond donors (Lipinski definition) is 1. The zero-order chi connectivity index (χ0) is 13.0. The van der Waals surface area contributed by atoms with Gasteiger partial charge in [0.1, 0.15) is 0 Å². The second-order valence-corrected chi connectivity index (χ2v) is 5.85. The van der Waals surface area contributed by atoms with Crippen LogP contribution in [0.25, 0.3) is 0 Å². The number of benzene rings is 1. The van der Waals surface area contributed by atoms with Crippen LogP contribution in [0.4, 0.5) is 0 Å². The Morgan fingerprint density at radius 3 is 2.61 bits per heavy atom. The van der Waals surface area contributed by atoms with Crippen LogP contribution in [0.1, 0.15) is 34.5 Å². The minimum atomic E-state index is 0.432. The van der Waals surface area contributed by atoms with Gasteiger partial charge in [0.05, 0.1) is 0 Å². The summed E-state index contributed by atoms with van der Waals surface area (Å²) in [4.78, 5) is 1.39. The van der Waals surface area contributed by atoms with Crippen molar-refractivity contribution in [3.63, 3.8) is 0 Å². The Bertz CT molecular complexity index is 501. The van der Waals surface area contributed by atoms with Gasteiger partial charge in [-0.3, -0.25) is 0 Å². The molecule has 2 aromatic rings. The predicted molar refractivity (Wildman–Crippen MR) is 80.4 cm³/mol. The number of thiophene rings is 1. The highest BCUT2D eigenvalue weighted by Gasteiger charge is 2.13. The molecule has 18 heavy (non-hydrogen) atoms. The molecule has 0 aliphatic rings. The van der Waals surface area contributed by atoms with Gasteiger partial charge < -0.3 is 5.32 Å². The summed E-state index contributed by atoms with van der Waals surface area (Å²) < 4.78 is 0. The van der Waals surface area contributed by atoms with Crippen molar-refractivity contribution in [1.82, 2.24) is 5.32 Å². The van der Waals surface area contributed by atoms with E-state index < -0.39 is 0 Å². The van der Waals surface area contributed by atoms with Gasteiger partial charge in [-0.25, -0.2) is 0 Å². The van der Waals surface area contributed by atoms with Gasteiger partial charge in [-0.15, -0.1) is 11.3 Å². The Balaban J connectivity index is 2.19. The van der Waals surface area contributed by atoms with E-state index in [0.29, 0.717) is 6.04 Å². The molecule has 0 fully saturated rings. The molecular weight excluding hydrogens is 238 g/mol. The molecule has 0 saturated carbocycles. The first-order chi connectivity index (χ1) is 8.70. The van der Waals surface area contributed by atoms with Crippen LogP contribution >= 0.6 is 11.3 Å². The molecule has 0 aliphatic carbocycles. The molecule has 1 atom stereocenters. The first-order valence-electron chi connectivity index (χ1n) is 6.53. The van der Waals surface area contributed by atoms with E-state index in [1.54, 1.807) is 0 Å². The van der Waals surface area contributed by atoms with Crippen LogP contribution in [-0.4, -0.2) is 6.54 Å². The number of hydrogen-bond acceptors (Lipinski definition) is 2. The van der Waals surface area contributed by atoms with Gasteiger partial charge in [0, 0.05) is 10.9 Å². The molecular formula is C16H21NS. The van der Waals surface area contributed by atoms with Crippen LogP contribution in [0.3, 0.4) is 0 Å². The first kappa shape index (κ1) is 13.3. The molecule has 1 N–H and O–H groups in total. The van der Waals surface area contributed by atoms with E-state index in [0.717, 1.165) is 13.0 Å². The summed E-state index contributed by atoms with van der Waals surface area (Å²) >= 11 is 1.83. The molecule has 2 heteroatoms. The lowest BCUT2D eigenvalue weighted by Crippen LogP contribution is -2.22. The third-order valence-electron chi connectivity index (χ3n) is 3.29. The average Bonchev–Trinajstić information content (AvgIpc) is 2.78. The van der Waals surface area contributed by atoms with Crippen LogP contribution < -0.4 is 5.32 Å². The Labute approximate surface area is 114 Å². The van der Waals surface area contributed by atoms with E-state index in [2.05, 4.69) is 61.8 Å². The molecule has 1 heterocycles. The van der Waals surface area contributed by atoms with Crippen molar-refractivity contribution in [3.8, 4) is 0 Å². The van der Waals surface area contributed by atoms with Crippen molar-refractivity contribution in [3.05, 3.63) is 57.3 Å². The second kappa shape index (κ2) is 6.17. The maximum atomic E-state index is 3.59. The van der Waals surface area contributed by atoms with Crippen LogP contribution in [0.5, 0.6) is 0 Å². The fraction of sp³-hybridized carbons (Fsp3) is 0.375. The fourth-order valence-electron chi connectivity index (χ4n) is 2.26. The van der Waals surface area contributed by atoms with Crippen LogP contribution in [-0.2, 0) is 6.42 Å². The predicted octanol–water partition coefficient (Wildman–Crippen LogP) is 4.26. The summed E-state index contributed by atoms with van der Waals surface area (Å²) in [6, 6.07) is 11.4. The first-order valence-corrected chi connectivity index (χ1v) is 7.41. The Hall–Kier alpha value is -1.12. The average molecular weight is 259 g/mol. The molecule has 1 aromatic carbocycles. The molecule has 1 nitrogen and oxygen atoms in total. The lowest BCUT2D eigenvalue weighted by Gasteiger charge is -2.18. The normalized spacial score (nSPS) is 12.6. The van der Waals surface area contributed by atoms with Gasteiger partial charge >= 0.3 is 0 Å². The third-order valence-corrected chi connectivity index (χ3v) is 4.17. The number of nitrogens with one attached hydrogen (secondary N) is 1. The van der Waals surface area contributed by atoms with E-state index in [1.807, 2.05) is 11.3 Å². The Morgan fingerprint density at radius 2 is 2.00 bits per heavy atom. The molecule has 1 aromatic heterocycles. The molecule has 2 rings (SSSR count). The maximum absolute atomic E-state index is 3.59. The number of aryl methyl sites for hydroxylation is 2. The van der Waals surface area contributed by atoms with Gasteiger partial charge in [0.25, 0.3) is 0 Å². The zero-order valence-electron chi connectivity index (χ0n) is 11.4. The quantitative estimate of drug-likeness (QED) is 0.846. The third kappa shape index (κ3) is 3.21. The van der Waals surface area contributed by atoms with E-state index in [9.17, 15) is 0 Å². The molecule has 0 radical (unpaired) electrons. The van der Waals surface area contributed by atoms with E-state index in [4.69, 9.17) is 0 Å². The number of likely N-dealkylation sites (N-methyl/N-ethyl adjacent to an activating group) is 1. The van der Waals surface area contributed by atoms with Crippen LogP contribution in [0.15, 0.2) is 35.7 Å². The number of rotatable bonds is 5. The topological polar surface area (TPSA) is 12.0 Å². The highest BCUT2D eigenvalue weighted by Crippen LogP contribution is 2.24. The standard InChI is InChI=1S/C16H21NS/c1-4-17-16(15-9-13(3)18-11-15)10-14-8-6-5-7-12(14)2/h5-9,11,16-17H,4,10H2,1-3H3. The van der Waals surface area contributed by atoms with E-state index in [-0.39, 0.29) is 0 Å². The van der Waals surface area contributed by atoms with Crippen molar-refractivity contribution >= 4 is 11.3 Å². The molecule has 0 aliphatic heterocycles. The summed E-state index contributed by atoms with van der Waals surface area (Å²) in [5.74, 6) is 0. The summed E-state index contributed by atoms with van der Waals surface area (Å²) in [7, 11) is 0. The van der Waals surface area contributed by atoms with Gasteiger partial charge in [-0.05, 0) is 54.9 Å². The molecule has 1 unspecified atom stereocenters. The molecule has 0 saturated heterocycles. The monoisotopic (exact) mass is 259 g/mol. The largest absolute Gasteiger partial charge is 0.310 e. The van der Waals surface area contributed by atoms with Gasteiger partial charge in [0.2, 0.25) is 0 Å². The van der Waals surface area contributed by atoms with Crippen molar-refractivity contribution < 1.29 is 0 Å². The minimum Gasteiger partial charge on any atom is -0.310 e. The fourth-order valence-corrected chi connectivity index (χ4v) is 3.02. The smallest absolute Gasteiger partial charge is 0.0369 e. The van der Waals surface area contributed by atoms with Crippen molar-refractivity contribution in [2.45, 2.75) is 33.2 Å². The van der Waals surface area contributed by atoms with E-state index >= 15 is 0 Å². The zero-order valence-corrected chi connectivity index (χ0v) is 12.2. The van der Waals surface area contributed by atoms with E-state index in [1.165, 1.54) is 21.6 Å². The SMILES string of the molecule is CCNC(Cc1ccccc1C)c1csc(C)c1. The Kier molecular flexibility index (Phi) is 4.56. The second-order valence-electron chi connectivity index (χ2n) is 4.73. The lowest BCUT2D eigenvalue weighted by atomic mass is 9.97. The van der Waals surface area contributed by atoms with Gasteiger partial charge in [-0.1, -0.05) is 31.2 Å². The van der Waals surface area contributed by atoms with Gasteiger partial charge in [0.15, 0.2) is 0 Å². The summed E-state index contributed by atoms with van der Waals surface area (Å²) in [5.41, 5.74) is 4.24. The molecule has 0 bridgehead atoms. The highest BCUT2D eigenvalue weighted by atomic mass is 32.1.